The van der Waals surface area contributed by atoms with Crippen molar-refractivity contribution in [2.75, 3.05) is 37.6 Å². The SMILES string of the molecule is CCC(C)(C=O)CN1CCN(c2ccccc2Cl)CC1. The monoisotopic (exact) mass is 294 g/mol. The molecule has 1 unspecified atom stereocenters. The molecule has 1 aromatic carbocycles. The van der Waals surface area contributed by atoms with E-state index in [-0.39, 0.29) is 5.41 Å². The van der Waals surface area contributed by atoms with Gasteiger partial charge in [-0.15, -0.1) is 0 Å². The minimum absolute atomic E-state index is 0.216. The van der Waals surface area contributed by atoms with E-state index < -0.39 is 0 Å². The molecule has 0 amide bonds. The summed E-state index contributed by atoms with van der Waals surface area (Å²) >= 11 is 6.24. The maximum absolute atomic E-state index is 11.2. The van der Waals surface area contributed by atoms with E-state index in [1.807, 2.05) is 25.1 Å². The highest BCUT2D eigenvalue weighted by Crippen LogP contribution is 2.27. The molecule has 20 heavy (non-hydrogen) atoms. The van der Waals surface area contributed by atoms with Crippen LogP contribution >= 0.6 is 11.6 Å². The smallest absolute Gasteiger partial charge is 0.127 e. The van der Waals surface area contributed by atoms with Crippen molar-refractivity contribution in [3.63, 3.8) is 0 Å². The van der Waals surface area contributed by atoms with Crippen LogP contribution in [0, 0.1) is 5.41 Å². The van der Waals surface area contributed by atoms with Crippen LogP contribution in [0.15, 0.2) is 24.3 Å². The Labute approximate surface area is 126 Å². The number of nitrogens with zero attached hydrogens (tertiary/aromatic N) is 2. The Bertz CT molecular complexity index is 458. The minimum Gasteiger partial charge on any atom is -0.368 e. The van der Waals surface area contributed by atoms with E-state index in [1.165, 1.54) is 0 Å². The third-order valence-electron chi connectivity index (χ3n) is 4.24. The first kappa shape index (κ1) is 15.3. The molecule has 1 aliphatic heterocycles. The second kappa shape index (κ2) is 6.59. The van der Waals surface area contributed by atoms with Crippen molar-refractivity contribution in [1.29, 1.82) is 0 Å². The number of hydrogen-bond acceptors (Lipinski definition) is 3. The van der Waals surface area contributed by atoms with Gasteiger partial charge in [-0.1, -0.05) is 37.6 Å². The summed E-state index contributed by atoms with van der Waals surface area (Å²) < 4.78 is 0. The molecule has 0 saturated carbocycles. The van der Waals surface area contributed by atoms with Gasteiger partial charge in [0.2, 0.25) is 0 Å². The molecule has 1 atom stereocenters. The zero-order valence-electron chi connectivity index (χ0n) is 12.3. The quantitative estimate of drug-likeness (QED) is 0.780. The molecule has 1 saturated heterocycles. The lowest BCUT2D eigenvalue weighted by Gasteiger charge is -2.39. The van der Waals surface area contributed by atoms with Crippen LogP contribution in [0.2, 0.25) is 5.02 Å². The molecular formula is C16H23ClN2O. The van der Waals surface area contributed by atoms with Crippen molar-refractivity contribution in [3.05, 3.63) is 29.3 Å². The van der Waals surface area contributed by atoms with E-state index in [4.69, 9.17) is 11.6 Å². The normalized spacial score (nSPS) is 19.6. The number of carbonyl (C=O) groups is 1. The van der Waals surface area contributed by atoms with Gasteiger partial charge in [-0.3, -0.25) is 4.90 Å². The van der Waals surface area contributed by atoms with Gasteiger partial charge >= 0.3 is 0 Å². The largest absolute Gasteiger partial charge is 0.368 e. The van der Waals surface area contributed by atoms with Crippen LogP contribution < -0.4 is 4.90 Å². The van der Waals surface area contributed by atoms with Crippen LogP contribution in [-0.4, -0.2) is 43.9 Å². The highest BCUT2D eigenvalue weighted by molar-refractivity contribution is 6.33. The van der Waals surface area contributed by atoms with Gasteiger partial charge in [-0.25, -0.2) is 0 Å². The number of anilines is 1. The first-order chi connectivity index (χ1) is 9.58. The van der Waals surface area contributed by atoms with E-state index in [0.717, 1.165) is 56.1 Å². The average Bonchev–Trinajstić information content (AvgIpc) is 2.49. The summed E-state index contributed by atoms with van der Waals surface area (Å²) in [7, 11) is 0. The number of rotatable bonds is 5. The first-order valence-electron chi connectivity index (χ1n) is 7.26. The summed E-state index contributed by atoms with van der Waals surface area (Å²) in [5.41, 5.74) is 0.898. The second-order valence-electron chi connectivity index (χ2n) is 5.84. The van der Waals surface area contributed by atoms with E-state index in [1.54, 1.807) is 0 Å². The Morgan fingerprint density at radius 3 is 2.45 bits per heavy atom. The maximum Gasteiger partial charge on any atom is 0.127 e. The van der Waals surface area contributed by atoms with Gasteiger partial charge < -0.3 is 9.69 Å². The lowest BCUT2D eigenvalue weighted by Crippen LogP contribution is -2.49. The standard InChI is InChI=1S/C16H23ClN2O/c1-3-16(2,13-20)12-18-8-10-19(11-9-18)15-7-5-4-6-14(15)17/h4-7,13H,3,8-12H2,1-2H3. The van der Waals surface area contributed by atoms with Gasteiger partial charge in [-0.05, 0) is 18.6 Å². The summed E-state index contributed by atoms with van der Waals surface area (Å²) in [5.74, 6) is 0. The summed E-state index contributed by atoms with van der Waals surface area (Å²) in [5, 5.41) is 0.812. The summed E-state index contributed by atoms with van der Waals surface area (Å²) in [6.07, 6.45) is 1.99. The van der Waals surface area contributed by atoms with Crippen molar-refractivity contribution in [2.45, 2.75) is 20.3 Å². The molecule has 1 fully saturated rings. The van der Waals surface area contributed by atoms with Crippen LogP contribution in [0.3, 0.4) is 0 Å². The number of halogens is 1. The number of aldehydes is 1. The van der Waals surface area contributed by atoms with Gasteiger partial charge in [0, 0.05) is 38.1 Å². The van der Waals surface area contributed by atoms with Gasteiger partial charge in [-0.2, -0.15) is 0 Å². The van der Waals surface area contributed by atoms with E-state index in [0.29, 0.717) is 0 Å². The molecule has 2 rings (SSSR count). The molecule has 1 heterocycles. The van der Waals surface area contributed by atoms with E-state index in [2.05, 4.69) is 22.8 Å². The van der Waals surface area contributed by atoms with Crippen molar-refractivity contribution in [1.82, 2.24) is 4.90 Å². The third-order valence-corrected chi connectivity index (χ3v) is 4.56. The molecule has 4 heteroatoms. The molecule has 1 aliphatic rings. The number of benzene rings is 1. The van der Waals surface area contributed by atoms with Crippen LogP contribution in [0.25, 0.3) is 0 Å². The number of carbonyl (C=O) groups excluding carboxylic acids is 1. The van der Waals surface area contributed by atoms with E-state index in [9.17, 15) is 4.79 Å². The molecule has 0 N–H and O–H groups in total. The van der Waals surface area contributed by atoms with Gasteiger partial charge in [0.15, 0.2) is 0 Å². The van der Waals surface area contributed by atoms with Gasteiger partial charge in [0.1, 0.15) is 6.29 Å². The Morgan fingerprint density at radius 2 is 1.90 bits per heavy atom. The van der Waals surface area contributed by atoms with Gasteiger partial charge in [0.25, 0.3) is 0 Å². The van der Waals surface area contributed by atoms with Crippen LogP contribution in [0.1, 0.15) is 20.3 Å². The maximum atomic E-state index is 11.2. The number of para-hydroxylation sites is 1. The molecule has 110 valence electrons. The molecule has 0 aliphatic carbocycles. The van der Waals surface area contributed by atoms with Crippen LogP contribution in [-0.2, 0) is 4.79 Å². The molecule has 0 aromatic heterocycles. The second-order valence-corrected chi connectivity index (χ2v) is 6.25. The highest BCUT2D eigenvalue weighted by Gasteiger charge is 2.27. The first-order valence-corrected chi connectivity index (χ1v) is 7.64. The Hall–Kier alpha value is -1.06. The Morgan fingerprint density at radius 1 is 1.25 bits per heavy atom. The summed E-state index contributed by atoms with van der Waals surface area (Å²) in [4.78, 5) is 15.9. The van der Waals surface area contributed by atoms with E-state index >= 15 is 0 Å². The molecule has 3 nitrogen and oxygen atoms in total. The molecule has 0 spiro atoms. The van der Waals surface area contributed by atoms with Crippen molar-refractivity contribution >= 4 is 23.6 Å². The predicted molar refractivity (Wildman–Crippen MR) is 84.6 cm³/mol. The fourth-order valence-electron chi connectivity index (χ4n) is 2.60. The fraction of sp³-hybridized carbons (Fsp3) is 0.562. The molecule has 0 bridgehead atoms. The van der Waals surface area contributed by atoms with Crippen molar-refractivity contribution < 1.29 is 4.79 Å². The molecular weight excluding hydrogens is 272 g/mol. The fourth-order valence-corrected chi connectivity index (χ4v) is 2.85. The summed E-state index contributed by atoms with van der Waals surface area (Å²) in [6, 6.07) is 7.98. The topological polar surface area (TPSA) is 23.6 Å². The third kappa shape index (κ3) is 3.53. The van der Waals surface area contributed by atoms with Crippen LogP contribution in [0.5, 0.6) is 0 Å². The lowest BCUT2D eigenvalue weighted by atomic mass is 9.88. The Kier molecular flexibility index (Phi) is 5.06. The lowest BCUT2D eigenvalue weighted by molar-refractivity contribution is -0.116. The molecule has 1 aromatic rings. The minimum atomic E-state index is -0.216. The molecule has 0 radical (unpaired) electrons. The average molecular weight is 295 g/mol. The van der Waals surface area contributed by atoms with Crippen molar-refractivity contribution in [2.24, 2.45) is 5.41 Å². The Balaban J connectivity index is 1.93. The van der Waals surface area contributed by atoms with Gasteiger partial charge in [0.05, 0.1) is 10.7 Å². The van der Waals surface area contributed by atoms with Crippen molar-refractivity contribution in [3.8, 4) is 0 Å². The van der Waals surface area contributed by atoms with Crippen LogP contribution in [0.4, 0.5) is 5.69 Å². The highest BCUT2D eigenvalue weighted by atomic mass is 35.5. The predicted octanol–water partition coefficient (Wildman–Crippen LogP) is 3.08. The zero-order chi connectivity index (χ0) is 14.6. The zero-order valence-corrected chi connectivity index (χ0v) is 13.1. The number of hydrogen-bond donors (Lipinski definition) is 0. The number of piperazine rings is 1. The summed E-state index contributed by atoms with van der Waals surface area (Å²) in [6.45, 7) is 8.85.